The van der Waals surface area contributed by atoms with E-state index < -0.39 is 5.54 Å². The largest absolute Gasteiger partial charge is 0.459 e. The first-order chi connectivity index (χ1) is 11.7. The van der Waals surface area contributed by atoms with Crippen molar-refractivity contribution in [2.45, 2.75) is 46.6 Å². The summed E-state index contributed by atoms with van der Waals surface area (Å²) in [6, 6.07) is 3.49. The van der Waals surface area contributed by atoms with Gasteiger partial charge in [0.1, 0.15) is 0 Å². The quantitative estimate of drug-likeness (QED) is 0.804. The number of rotatable bonds is 7. The van der Waals surface area contributed by atoms with E-state index in [1.807, 2.05) is 20.8 Å². The van der Waals surface area contributed by atoms with Crippen LogP contribution in [0.1, 0.15) is 59.4 Å². The number of furan rings is 2. The van der Waals surface area contributed by atoms with Crippen molar-refractivity contribution in [2.24, 2.45) is 5.92 Å². The van der Waals surface area contributed by atoms with E-state index >= 15 is 0 Å². The van der Waals surface area contributed by atoms with Gasteiger partial charge in [-0.2, -0.15) is 0 Å². The highest BCUT2D eigenvalue weighted by molar-refractivity contribution is 5.94. The van der Waals surface area contributed by atoms with Crippen LogP contribution in [0.15, 0.2) is 33.5 Å². The molecule has 25 heavy (non-hydrogen) atoms. The molecule has 0 fully saturated rings. The fourth-order valence-electron chi connectivity index (χ4n) is 2.97. The number of nitrogens with one attached hydrogen (secondary N) is 2. The molecule has 0 aliphatic carbocycles. The second kappa shape index (κ2) is 7.59. The maximum Gasteiger partial charge on any atom is 0.287 e. The van der Waals surface area contributed by atoms with E-state index in [-0.39, 0.29) is 18.4 Å². The van der Waals surface area contributed by atoms with Gasteiger partial charge in [0.2, 0.25) is 0 Å². The van der Waals surface area contributed by atoms with Crippen molar-refractivity contribution in [3.63, 3.8) is 0 Å². The number of hydrogen-bond donors (Lipinski definition) is 2. The molecule has 0 saturated carbocycles. The van der Waals surface area contributed by atoms with Crippen LogP contribution in [0.3, 0.4) is 0 Å². The lowest BCUT2D eigenvalue weighted by Crippen LogP contribution is -2.54. The summed E-state index contributed by atoms with van der Waals surface area (Å²) >= 11 is 0. The van der Waals surface area contributed by atoms with Crippen molar-refractivity contribution in [1.29, 1.82) is 0 Å². The molecule has 2 aromatic heterocycles. The number of hydrogen-bond acceptors (Lipinski definition) is 4. The van der Waals surface area contributed by atoms with Gasteiger partial charge in [-0.05, 0) is 45.2 Å². The molecule has 2 amide bonds. The molecule has 6 nitrogen and oxygen atoms in total. The van der Waals surface area contributed by atoms with Crippen molar-refractivity contribution in [2.75, 3.05) is 6.54 Å². The molecule has 0 saturated heterocycles. The molecular weight excluding hydrogens is 320 g/mol. The van der Waals surface area contributed by atoms with E-state index in [0.29, 0.717) is 23.9 Å². The Morgan fingerprint density at radius 2 is 1.56 bits per heavy atom. The molecule has 0 unspecified atom stereocenters. The van der Waals surface area contributed by atoms with Crippen molar-refractivity contribution < 1.29 is 18.4 Å². The Balaban J connectivity index is 2.08. The van der Waals surface area contributed by atoms with Crippen LogP contribution in [0.25, 0.3) is 0 Å². The van der Waals surface area contributed by atoms with Crippen LogP contribution in [0.5, 0.6) is 0 Å². The predicted octanol–water partition coefficient (Wildman–Crippen LogP) is 3.45. The second-order valence-corrected chi connectivity index (χ2v) is 7.16. The lowest BCUT2D eigenvalue weighted by molar-refractivity contribution is 0.0831. The second-order valence-electron chi connectivity index (χ2n) is 7.16. The number of aryl methyl sites for hydroxylation is 2. The third-order valence-electron chi connectivity index (χ3n) is 4.05. The monoisotopic (exact) mass is 346 g/mol. The molecule has 2 aromatic rings. The maximum atomic E-state index is 12.5. The Labute approximate surface area is 148 Å². The summed E-state index contributed by atoms with van der Waals surface area (Å²) in [5.41, 5.74) is 0.943. The van der Waals surface area contributed by atoms with Gasteiger partial charge in [0.25, 0.3) is 11.8 Å². The Morgan fingerprint density at radius 3 is 2.00 bits per heavy atom. The summed E-state index contributed by atoms with van der Waals surface area (Å²) in [4.78, 5) is 24.8. The molecule has 1 atom stereocenters. The number of carbonyl (C=O) groups excluding carboxylic acids is 2. The molecule has 136 valence electrons. The highest BCUT2D eigenvalue weighted by Gasteiger charge is 2.30. The molecule has 0 spiro atoms. The summed E-state index contributed by atoms with van der Waals surface area (Å²) in [7, 11) is 0. The van der Waals surface area contributed by atoms with E-state index in [4.69, 9.17) is 8.83 Å². The van der Waals surface area contributed by atoms with E-state index in [2.05, 4.69) is 24.5 Å². The number of amides is 2. The zero-order valence-corrected chi connectivity index (χ0v) is 15.4. The van der Waals surface area contributed by atoms with Crippen LogP contribution in [0.4, 0.5) is 0 Å². The minimum Gasteiger partial charge on any atom is -0.459 e. The van der Waals surface area contributed by atoms with E-state index in [9.17, 15) is 9.59 Å². The van der Waals surface area contributed by atoms with E-state index in [1.165, 1.54) is 12.5 Å². The molecule has 0 aliphatic heterocycles. The Morgan fingerprint density at radius 1 is 1.04 bits per heavy atom. The molecule has 0 aliphatic rings. The maximum absolute atomic E-state index is 12.5. The first-order valence-electron chi connectivity index (χ1n) is 8.41. The van der Waals surface area contributed by atoms with Crippen LogP contribution >= 0.6 is 0 Å². The van der Waals surface area contributed by atoms with E-state index in [0.717, 1.165) is 11.1 Å². The van der Waals surface area contributed by atoms with Crippen LogP contribution in [-0.4, -0.2) is 23.9 Å². The van der Waals surface area contributed by atoms with Crippen molar-refractivity contribution in [3.05, 3.63) is 47.3 Å². The molecule has 0 radical (unpaired) electrons. The van der Waals surface area contributed by atoms with Gasteiger partial charge in [0.05, 0.1) is 18.1 Å². The lowest BCUT2D eigenvalue weighted by atomic mass is 9.90. The summed E-state index contributed by atoms with van der Waals surface area (Å²) < 4.78 is 10.5. The zero-order chi connectivity index (χ0) is 18.6. The molecule has 0 bridgehead atoms. The Kier molecular flexibility index (Phi) is 5.72. The first-order valence-corrected chi connectivity index (χ1v) is 8.41. The fourth-order valence-corrected chi connectivity index (χ4v) is 2.97. The molecule has 6 heteroatoms. The molecule has 2 N–H and O–H groups in total. The summed E-state index contributed by atoms with van der Waals surface area (Å²) in [5.74, 6) is 0.350. The number of carbonyl (C=O) groups is 2. The topological polar surface area (TPSA) is 84.5 Å². The van der Waals surface area contributed by atoms with Gasteiger partial charge < -0.3 is 19.5 Å². The fraction of sp³-hybridized carbons (Fsp3) is 0.474. The molecule has 2 rings (SSSR count). The van der Waals surface area contributed by atoms with Crippen LogP contribution < -0.4 is 10.6 Å². The lowest BCUT2D eigenvalue weighted by Gasteiger charge is -2.32. The van der Waals surface area contributed by atoms with Crippen molar-refractivity contribution >= 4 is 11.8 Å². The first kappa shape index (κ1) is 18.8. The van der Waals surface area contributed by atoms with Gasteiger partial charge in [0.15, 0.2) is 11.5 Å². The minimum atomic E-state index is -0.610. The third kappa shape index (κ3) is 4.75. The molecule has 2 heterocycles. The predicted molar refractivity (Wildman–Crippen MR) is 94.5 cm³/mol. The van der Waals surface area contributed by atoms with Crippen LogP contribution in [0, 0.1) is 19.8 Å². The average Bonchev–Trinajstić information content (AvgIpc) is 3.12. The zero-order valence-electron chi connectivity index (χ0n) is 15.4. The normalized spacial score (nSPS) is 13.5. The summed E-state index contributed by atoms with van der Waals surface area (Å²) in [6.45, 7) is 9.98. The van der Waals surface area contributed by atoms with E-state index in [1.54, 1.807) is 12.1 Å². The van der Waals surface area contributed by atoms with Crippen molar-refractivity contribution in [3.8, 4) is 0 Å². The van der Waals surface area contributed by atoms with Gasteiger partial charge in [-0.3, -0.25) is 9.59 Å². The minimum absolute atomic E-state index is 0.283. The highest BCUT2D eigenvalue weighted by atomic mass is 16.3. The van der Waals surface area contributed by atoms with Gasteiger partial charge in [-0.15, -0.1) is 0 Å². The molecular formula is C19H26N2O4. The summed E-state index contributed by atoms with van der Waals surface area (Å²) in [6.07, 6.45) is 3.68. The third-order valence-corrected chi connectivity index (χ3v) is 4.05. The van der Waals surface area contributed by atoms with Crippen LogP contribution in [-0.2, 0) is 0 Å². The van der Waals surface area contributed by atoms with Gasteiger partial charge >= 0.3 is 0 Å². The Hall–Kier alpha value is -2.50. The standard InChI is InChI=1S/C19H26N2O4/c1-12(2)10-19(5,21-18(23)16-14(4)7-9-25-16)11-20-17(22)15-13(3)6-8-24-15/h6-9,12H,10-11H2,1-5H3,(H,20,22)(H,21,23)/t19-/m0/s1. The highest BCUT2D eigenvalue weighted by Crippen LogP contribution is 2.19. The summed E-state index contributed by atoms with van der Waals surface area (Å²) in [5, 5.41) is 5.86. The van der Waals surface area contributed by atoms with Gasteiger partial charge in [-0.1, -0.05) is 13.8 Å². The van der Waals surface area contributed by atoms with Crippen molar-refractivity contribution in [1.82, 2.24) is 10.6 Å². The SMILES string of the molecule is Cc1ccoc1C(=O)NC[C@](C)(CC(C)C)NC(=O)c1occc1C. The average molecular weight is 346 g/mol. The van der Waals surface area contributed by atoms with Crippen LogP contribution in [0.2, 0.25) is 0 Å². The van der Waals surface area contributed by atoms with Gasteiger partial charge in [0, 0.05) is 17.7 Å². The Bertz CT molecular complexity index is 744. The molecule has 0 aromatic carbocycles. The van der Waals surface area contributed by atoms with Gasteiger partial charge in [-0.25, -0.2) is 0 Å². The smallest absolute Gasteiger partial charge is 0.287 e.